The van der Waals surface area contributed by atoms with Gasteiger partial charge in [0.2, 0.25) is 0 Å². The van der Waals surface area contributed by atoms with Crippen molar-refractivity contribution < 1.29 is 0 Å². The summed E-state index contributed by atoms with van der Waals surface area (Å²) in [6.07, 6.45) is 2.52. The van der Waals surface area contributed by atoms with Gasteiger partial charge < -0.3 is 0 Å². The quantitative estimate of drug-likeness (QED) is 0.594. The van der Waals surface area contributed by atoms with Crippen LogP contribution in [0.4, 0.5) is 0 Å². The topological polar surface area (TPSA) is 41.6 Å². The average molecular weight is 223 g/mol. The van der Waals surface area contributed by atoms with Crippen LogP contribution in [0.2, 0.25) is 0 Å². The molecular formula is C4H6IN3. The van der Waals surface area contributed by atoms with E-state index < -0.39 is 0 Å². The summed E-state index contributed by atoms with van der Waals surface area (Å²) >= 11 is 2.30. The van der Waals surface area contributed by atoms with Gasteiger partial charge in [0.1, 0.15) is 12.2 Å². The van der Waals surface area contributed by atoms with Gasteiger partial charge in [-0.05, 0) is 0 Å². The molecule has 44 valence electrons. The molecule has 0 aliphatic rings. The van der Waals surface area contributed by atoms with Gasteiger partial charge in [0, 0.05) is 10.8 Å². The van der Waals surface area contributed by atoms with Gasteiger partial charge >= 0.3 is 0 Å². The number of aromatic amines is 1. The predicted molar refractivity (Wildman–Crippen MR) is 39.0 cm³/mol. The summed E-state index contributed by atoms with van der Waals surface area (Å²) < 4.78 is 1.09. The van der Waals surface area contributed by atoms with Crippen LogP contribution >= 0.6 is 22.6 Å². The highest BCUT2D eigenvalue weighted by molar-refractivity contribution is 14.1. The third-order valence-electron chi connectivity index (χ3n) is 0.796. The Labute approximate surface area is 61.0 Å². The second kappa shape index (κ2) is 3.01. The van der Waals surface area contributed by atoms with E-state index in [4.69, 9.17) is 0 Å². The number of nitrogens with zero attached hydrogens (tertiary/aromatic N) is 2. The van der Waals surface area contributed by atoms with Gasteiger partial charge in [0.05, 0.1) is 0 Å². The molecular weight excluding hydrogens is 217 g/mol. The Morgan fingerprint density at radius 1 is 1.75 bits per heavy atom. The van der Waals surface area contributed by atoms with E-state index >= 15 is 0 Å². The molecule has 0 bridgehead atoms. The average Bonchev–Trinajstić information content (AvgIpc) is 2.19. The van der Waals surface area contributed by atoms with E-state index in [-0.39, 0.29) is 0 Å². The van der Waals surface area contributed by atoms with Gasteiger partial charge in [-0.3, -0.25) is 5.10 Å². The number of rotatable bonds is 2. The van der Waals surface area contributed by atoms with Gasteiger partial charge in [-0.25, -0.2) is 4.98 Å². The molecule has 1 aromatic heterocycles. The zero-order chi connectivity index (χ0) is 5.82. The Hall–Kier alpha value is -0.130. The van der Waals surface area contributed by atoms with Crippen LogP contribution < -0.4 is 0 Å². The number of H-pyrrole nitrogens is 1. The zero-order valence-electron chi connectivity index (χ0n) is 4.26. The molecule has 1 N–H and O–H groups in total. The summed E-state index contributed by atoms with van der Waals surface area (Å²) in [4.78, 5) is 3.93. The number of aromatic nitrogens is 3. The molecule has 0 fully saturated rings. The lowest BCUT2D eigenvalue weighted by atomic mass is 10.5. The number of aryl methyl sites for hydroxylation is 1. The van der Waals surface area contributed by atoms with Crippen LogP contribution in [0.3, 0.4) is 0 Å². The smallest absolute Gasteiger partial charge is 0.137 e. The Bertz CT molecular complexity index is 137. The molecule has 0 spiro atoms. The SMILES string of the molecule is ICCc1ncn[nH]1. The Morgan fingerprint density at radius 2 is 2.62 bits per heavy atom. The molecule has 0 saturated heterocycles. The van der Waals surface area contributed by atoms with E-state index in [2.05, 4.69) is 37.8 Å². The van der Waals surface area contributed by atoms with Gasteiger partial charge in [-0.2, -0.15) is 5.10 Å². The lowest BCUT2D eigenvalue weighted by Crippen LogP contribution is -1.87. The van der Waals surface area contributed by atoms with Crippen LogP contribution in [-0.2, 0) is 6.42 Å². The first kappa shape index (κ1) is 6.00. The number of hydrogen-bond donors (Lipinski definition) is 1. The van der Waals surface area contributed by atoms with Gasteiger partial charge in [-0.1, -0.05) is 22.6 Å². The molecule has 8 heavy (non-hydrogen) atoms. The maximum absolute atomic E-state index is 3.93. The summed E-state index contributed by atoms with van der Waals surface area (Å²) in [6.45, 7) is 0. The summed E-state index contributed by atoms with van der Waals surface area (Å²) in [7, 11) is 0. The van der Waals surface area contributed by atoms with Crippen LogP contribution in [0.1, 0.15) is 5.82 Å². The molecule has 0 atom stereocenters. The van der Waals surface area contributed by atoms with Crippen molar-refractivity contribution in [3.05, 3.63) is 12.2 Å². The Morgan fingerprint density at radius 3 is 3.12 bits per heavy atom. The van der Waals surface area contributed by atoms with Crippen LogP contribution in [-0.4, -0.2) is 19.6 Å². The monoisotopic (exact) mass is 223 g/mol. The van der Waals surface area contributed by atoms with Crippen molar-refractivity contribution in [2.45, 2.75) is 6.42 Å². The molecule has 0 amide bonds. The molecule has 0 saturated carbocycles. The molecule has 4 heteroatoms. The molecule has 0 aliphatic heterocycles. The molecule has 1 aromatic rings. The summed E-state index contributed by atoms with van der Waals surface area (Å²) in [6, 6.07) is 0. The fourth-order valence-corrected chi connectivity index (χ4v) is 0.952. The second-order valence-electron chi connectivity index (χ2n) is 1.37. The van der Waals surface area contributed by atoms with Crippen molar-refractivity contribution in [1.82, 2.24) is 15.2 Å². The molecule has 1 rings (SSSR count). The highest BCUT2D eigenvalue weighted by Crippen LogP contribution is 1.90. The predicted octanol–water partition coefficient (Wildman–Crippen LogP) is 0.782. The third-order valence-corrected chi connectivity index (χ3v) is 1.34. The molecule has 1 heterocycles. The van der Waals surface area contributed by atoms with E-state index in [1.807, 2.05) is 0 Å². The highest BCUT2D eigenvalue weighted by atomic mass is 127. The molecule has 0 radical (unpaired) electrons. The Balaban J connectivity index is 2.50. The van der Waals surface area contributed by atoms with Crippen LogP contribution in [0.25, 0.3) is 0 Å². The van der Waals surface area contributed by atoms with Crippen molar-refractivity contribution in [3.8, 4) is 0 Å². The van der Waals surface area contributed by atoms with E-state index in [1.165, 1.54) is 6.33 Å². The maximum atomic E-state index is 3.93. The minimum atomic E-state index is 0.972. The van der Waals surface area contributed by atoms with Crippen molar-refractivity contribution in [2.75, 3.05) is 4.43 Å². The zero-order valence-corrected chi connectivity index (χ0v) is 6.42. The van der Waals surface area contributed by atoms with E-state index in [1.54, 1.807) is 0 Å². The first-order valence-corrected chi connectivity index (χ1v) is 3.86. The number of nitrogens with one attached hydrogen (secondary N) is 1. The second-order valence-corrected chi connectivity index (χ2v) is 2.45. The fourth-order valence-electron chi connectivity index (χ4n) is 0.441. The Kier molecular flexibility index (Phi) is 2.26. The summed E-state index contributed by atoms with van der Waals surface area (Å²) in [5, 5.41) is 6.47. The first-order valence-electron chi connectivity index (χ1n) is 2.33. The third kappa shape index (κ3) is 1.43. The normalized spacial score (nSPS) is 9.62. The van der Waals surface area contributed by atoms with Gasteiger partial charge in [0.15, 0.2) is 0 Å². The lowest BCUT2D eigenvalue weighted by Gasteiger charge is -1.83. The molecule has 0 aliphatic carbocycles. The molecule has 3 nitrogen and oxygen atoms in total. The van der Waals surface area contributed by atoms with Crippen molar-refractivity contribution in [2.24, 2.45) is 0 Å². The van der Waals surface area contributed by atoms with Crippen LogP contribution in [0.15, 0.2) is 6.33 Å². The largest absolute Gasteiger partial charge is 0.263 e. The number of halogens is 1. The van der Waals surface area contributed by atoms with Crippen molar-refractivity contribution in [1.29, 1.82) is 0 Å². The minimum absolute atomic E-state index is 0.972. The van der Waals surface area contributed by atoms with Gasteiger partial charge in [0.25, 0.3) is 0 Å². The van der Waals surface area contributed by atoms with Gasteiger partial charge in [-0.15, -0.1) is 0 Å². The maximum Gasteiger partial charge on any atom is 0.137 e. The lowest BCUT2D eigenvalue weighted by molar-refractivity contribution is 0.961. The van der Waals surface area contributed by atoms with E-state index in [9.17, 15) is 0 Å². The summed E-state index contributed by atoms with van der Waals surface area (Å²) in [5.41, 5.74) is 0. The van der Waals surface area contributed by atoms with E-state index in [0.29, 0.717) is 0 Å². The van der Waals surface area contributed by atoms with Crippen LogP contribution in [0, 0.1) is 0 Å². The molecule has 0 aromatic carbocycles. The number of hydrogen-bond acceptors (Lipinski definition) is 2. The fraction of sp³-hybridized carbons (Fsp3) is 0.500. The summed E-state index contributed by atoms with van der Waals surface area (Å²) in [5.74, 6) is 0.972. The standard InChI is InChI=1S/C4H6IN3/c5-2-1-4-6-3-7-8-4/h3H,1-2H2,(H,6,7,8). The van der Waals surface area contributed by atoms with E-state index in [0.717, 1.165) is 16.7 Å². The minimum Gasteiger partial charge on any atom is -0.263 e. The highest BCUT2D eigenvalue weighted by Gasteiger charge is 1.89. The van der Waals surface area contributed by atoms with Crippen LogP contribution in [0.5, 0.6) is 0 Å². The number of alkyl halides is 1. The van der Waals surface area contributed by atoms with Crippen molar-refractivity contribution >= 4 is 22.6 Å². The van der Waals surface area contributed by atoms with Crippen molar-refractivity contribution in [3.63, 3.8) is 0 Å². The molecule has 0 unspecified atom stereocenters. The first-order chi connectivity index (χ1) is 3.93.